The number of halogens is 1. The predicted molar refractivity (Wildman–Crippen MR) is 69.5 cm³/mol. The summed E-state index contributed by atoms with van der Waals surface area (Å²) < 4.78 is 4.88. The molecule has 0 saturated heterocycles. The molecule has 0 aromatic carbocycles. The first-order valence-corrected chi connectivity index (χ1v) is 5.54. The Kier molecular flexibility index (Phi) is 5.43. The predicted octanol–water partition coefficient (Wildman–Crippen LogP) is 3.44. The Morgan fingerprint density at radius 3 is 1.94 bits per heavy atom. The van der Waals surface area contributed by atoms with Crippen molar-refractivity contribution in [2.75, 3.05) is 7.11 Å². The van der Waals surface area contributed by atoms with Gasteiger partial charge in [-0.25, -0.2) is 9.97 Å². The Bertz CT molecular complexity index is 457. The molecule has 0 fully saturated rings. The smallest absolute Gasteiger partial charge is 0.213 e. The molecule has 2 heterocycles. The van der Waals surface area contributed by atoms with Gasteiger partial charge in [-0.3, -0.25) is 0 Å². The van der Waals surface area contributed by atoms with Crippen LogP contribution in [0.15, 0.2) is 36.7 Å². The molecule has 0 radical (unpaired) electrons. The molecule has 0 N–H and O–H groups in total. The second-order valence-corrected chi connectivity index (χ2v) is 3.92. The van der Waals surface area contributed by atoms with Gasteiger partial charge in [0.05, 0.1) is 7.11 Å². The molecule has 4 heteroatoms. The minimum absolute atomic E-state index is 0.560. The molecule has 2 aromatic rings. The Morgan fingerprint density at radius 1 is 1.00 bits per heavy atom. The van der Waals surface area contributed by atoms with Gasteiger partial charge in [0.15, 0.2) is 0 Å². The van der Waals surface area contributed by atoms with Crippen molar-refractivity contribution in [3.63, 3.8) is 0 Å². The summed E-state index contributed by atoms with van der Waals surface area (Å²) in [7, 11) is 1.61. The van der Waals surface area contributed by atoms with Crippen LogP contribution in [0.2, 0.25) is 5.15 Å². The van der Waals surface area contributed by atoms with Crippen molar-refractivity contribution < 1.29 is 4.74 Å². The highest BCUT2D eigenvalue weighted by Crippen LogP contribution is 2.06. The first-order chi connectivity index (χ1) is 8.11. The van der Waals surface area contributed by atoms with Crippen LogP contribution >= 0.6 is 11.6 Å². The lowest BCUT2D eigenvalue weighted by atomic mass is 10.3. The Balaban J connectivity index is 0.000000171. The zero-order valence-electron chi connectivity index (χ0n) is 10.1. The van der Waals surface area contributed by atoms with Crippen LogP contribution in [0.5, 0.6) is 5.88 Å². The molecule has 0 aliphatic heterocycles. The molecule has 0 amide bonds. The SMILES string of the molecule is COc1cc(C)ccn1.Cc1ccnc(Cl)c1. The van der Waals surface area contributed by atoms with Gasteiger partial charge < -0.3 is 4.74 Å². The molecule has 0 aliphatic carbocycles. The molecule has 2 rings (SSSR count). The maximum Gasteiger partial charge on any atom is 0.213 e. The van der Waals surface area contributed by atoms with Crippen LogP contribution < -0.4 is 4.74 Å². The van der Waals surface area contributed by atoms with E-state index in [0.29, 0.717) is 11.0 Å². The number of nitrogens with zero attached hydrogens (tertiary/aromatic N) is 2. The van der Waals surface area contributed by atoms with Crippen molar-refractivity contribution >= 4 is 11.6 Å². The number of methoxy groups -OCH3 is 1. The van der Waals surface area contributed by atoms with Crippen LogP contribution in [-0.2, 0) is 0 Å². The van der Waals surface area contributed by atoms with Gasteiger partial charge in [-0.2, -0.15) is 0 Å². The lowest BCUT2D eigenvalue weighted by Gasteiger charge is -1.96. The molecule has 0 atom stereocenters. The Morgan fingerprint density at radius 2 is 1.59 bits per heavy atom. The molecule has 0 spiro atoms. The number of pyridine rings is 2. The lowest BCUT2D eigenvalue weighted by molar-refractivity contribution is 0.397. The van der Waals surface area contributed by atoms with Gasteiger partial charge in [0.25, 0.3) is 0 Å². The zero-order chi connectivity index (χ0) is 12.7. The van der Waals surface area contributed by atoms with Crippen LogP contribution in [0.4, 0.5) is 0 Å². The van der Waals surface area contributed by atoms with E-state index in [1.807, 2.05) is 38.1 Å². The van der Waals surface area contributed by atoms with Gasteiger partial charge in [0.1, 0.15) is 5.15 Å². The Labute approximate surface area is 106 Å². The van der Waals surface area contributed by atoms with E-state index in [4.69, 9.17) is 16.3 Å². The number of aryl methyl sites for hydroxylation is 2. The molecule has 17 heavy (non-hydrogen) atoms. The second-order valence-electron chi connectivity index (χ2n) is 3.53. The number of hydrogen-bond donors (Lipinski definition) is 0. The third-order valence-electron chi connectivity index (χ3n) is 1.98. The topological polar surface area (TPSA) is 35.0 Å². The second kappa shape index (κ2) is 6.86. The van der Waals surface area contributed by atoms with Crippen molar-refractivity contribution in [3.05, 3.63) is 52.9 Å². The largest absolute Gasteiger partial charge is 0.481 e. The number of rotatable bonds is 1. The molecule has 2 aromatic heterocycles. The monoisotopic (exact) mass is 250 g/mol. The quantitative estimate of drug-likeness (QED) is 0.728. The normalized spacial score (nSPS) is 9.18. The highest BCUT2D eigenvalue weighted by Gasteiger charge is 1.88. The molecule has 0 saturated carbocycles. The molecule has 90 valence electrons. The third kappa shape index (κ3) is 5.31. The molecule has 0 unspecified atom stereocenters. The van der Waals surface area contributed by atoms with Crippen LogP contribution in [0.1, 0.15) is 11.1 Å². The fraction of sp³-hybridized carbons (Fsp3) is 0.231. The summed E-state index contributed by atoms with van der Waals surface area (Å²) in [6.07, 6.45) is 3.42. The van der Waals surface area contributed by atoms with Gasteiger partial charge in [-0.05, 0) is 43.2 Å². The van der Waals surface area contributed by atoms with Crippen molar-refractivity contribution in [3.8, 4) is 5.88 Å². The van der Waals surface area contributed by atoms with Crippen LogP contribution in [0.25, 0.3) is 0 Å². The van der Waals surface area contributed by atoms with Gasteiger partial charge in [-0.1, -0.05) is 11.6 Å². The van der Waals surface area contributed by atoms with E-state index < -0.39 is 0 Å². The van der Waals surface area contributed by atoms with E-state index >= 15 is 0 Å². The maximum absolute atomic E-state index is 5.53. The van der Waals surface area contributed by atoms with Crippen molar-refractivity contribution in [2.45, 2.75) is 13.8 Å². The molecule has 0 aliphatic rings. The van der Waals surface area contributed by atoms with E-state index in [2.05, 4.69) is 9.97 Å². The number of aromatic nitrogens is 2. The Hall–Kier alpha value is -1.61. The zero-order valence-corrected chi connectivity index (χ0v) is 10.9. The summed E-state index contributed by atoms with van der Waals surface area (Å²) in [4.78, 5) is 7.74. The third-order valence-corrected chi connectivity index (χ3v) is 2.19. The van der Waals surface area contributed by atoms with E-state index in [-0.39, 0.29) is 0 Å². The van der Waals surface area contributed by atoms with E-state index in [0.717, 1.165) is 5.56 Å². The minimum Gasteiger partial charge on any atom is -0.481 e. The maximum atomic E-state index is 5.53. The fourth-order valence-corrected chi connectivity index (χ4v) is 1.35. The van der Waals surface area contributed by atoms with E-state index in [1.54, 1.807) is 19.5 Å². The van der Waals surface area contributed by atoms with Crippen molar-refractivity contribution in [1.29, 1.82) is 0 Å². The van der Waals surface area contributed by atoms with Gasteiger partial charge >= 0.3 is 0 Å². The summed E-state index contributed by atoms with van der Waals surface area (Å²) in [6, 6.07) is 7.55. The average molecular weight is 251 g/mol. The molecule has 0 bridgehead atoms. The van der Waals surface area contributed by atoms with Gasteiger partial charge in [0.2, 0.25) is 5.88 Å². The van der Waals surface area contributed by atoms with Crippen molar-refractivity contribution in [2.24, 2.45) is 0 Å². The van der Waals surface area contributed by atoms with E-state index in [9.17, 15) is 0 Å². The lowest BCUT2D eigenvalue weighted by Crippen LogP contribution is -1.85. The van der Waals surface area contributed by atoms with Gasteiger partial charge in [0, 0.05) is 18.5 Å². The fourth-order valence-electron chi connectivity index (χ4n) is 1.12. The standard InChI is InChI=1S/C7H9NO.C6H6ClN/c1-6-3-4-8-7(5-6)9-2;1-5-2-3-8-6(7)4-5/h3-5H,1-2H3;2-4H,1H3. The summed E-state index contributed by atoms with van der Waals surface area (Å²) in [6.45, 7) is 3.98. The summed E-state index contributed by atoms with van der Waals surface area (Å²) in [5, 5.41) is 0.560. The van der Waals surface area contributed by atoms with Crippen LogP contribution in [0, 0.1) is 13.8 Å². The summed E-state index contributed by atoms with van der Waals surface area (Å²) in [5.41, 5.74) is 2.31. The molecule has 3 nitrogen and oxygen atoms in total. The highest BCUT2D eigenvalue weighted by atomic mass is 35.5. The minimum atomic E-state index is 0.560. The molecular formula is C13H15ClN2O. The van der Waals surface area contributed by atoms with Crippen LogP contribution in [-0.4, -0.2) is 17.1 Å². The summed E-state index contributed by atoms with van der Waals surface area (Å²) in [5.74, 6) is 0.676. The van der Waals surface area contributed by atoms with Crippen LogP contribution in [0.3, 0.4) is 0 Å². The van der Waals surface area contributed by atoms with E-state index in [1.165, 1.54) is 5.56 Å². The first-order valence-electron chi connectivity index (χ1n) is 5.16. The number of ether oxygens (including phenoxy) is 1. The first kappa shape index (κ1) is 13.5. The summed E-state index contributed by atoms with van der Waals surface area (Å²) >= 11 is 5.53. The molecular weight excluding hydrogens is 236 g/mol. The highest BCUT2D eigenvalue weighted by molar-refractivity contribution is 6.29. The number of hydrogen-bond acceptors (Lipinski definition) is 3. The van der Waals surface area contributed by atoms with Gasteiger partial charge in [-0.15, -0.1) is 0 Å². The average Bonchev–Trinajstić information content (AvgIpc) is 2.29. The van der Waals surface area contributed by atoms with Crippen molar-refractivity contribution in [1.82, 2.24) is 9.97 Å².